The van der Waals surface area contributed by atoms with Gasteiger partial charge in [0, 0.05) is 17.4 Å². The average molecular weight is 319 g/mol. The minimum absolute atomic E-state index is 0.0573. The summed E-state index contributed by atoms with van der Waals surface area (Å²) in [5, 5.41) is 5.31. The monoisotopic (exact) mass is 319 g/mol. The summed E-state index contributed by atoms with van der Waals surface area (Å²) in [7, 11) is 0. The van der Waals surface area contributed by atoms with Crippen molar-refractivity contribution in [2.45, 2.75) is 32.8 Å². The molecule has 2 rings (SSSR count). The van der Waals surface area contributed by atoms with Crippen LogP contribution in [0.2, 0.25) is 0 Å². The molecular weight excluding hydrogens is 298 g/mol. The van der Waals surface area contributed by atoms with E-state index in [2.05, 4.69) is 10.3 Å². The predicted molar refractivity (Wildman–Crippen MR) is 90.2 cm³/mol. The molecule has 3 N–H and O–H groups in total. The van der Waals surface area contributed by atoms with E-state index in [0.29, 0.717) is 24.5 Å². The minimum Gasteiger partial charge on any atom is -0.490 e. The van der Waals surface area contributed by atoms with Gasteiger partial charge < -0.3 is 15.8 Å². The van der Waals surface area contributed by atoms with Crippen molar-refractivity contribution in [2.24, 2.45) is 5.73 Å². The Balaban J connectivity index is 2.13. The Labute approximate surface area is 134 Å². The zero-order chi connectivity index (χ0) is 15.9. The Morgan fingerprint density at radius 3 is 2.91 bits per heavy atom. The molecule has 0 aliphatic rings. The van der Waals surface area contributed by atoms with Gasteiger partial charge in [0.15, 0.2) is 5.13 Å². The maximum atomic E-state index is 11.7. The number of nitrogens with one attached hydrogen (secondary N) is 1. The molecule has 1 aromatic heterocycles. The van der Waals surface area contributed by atoms with Crippen molar-refractivity contribution in [1.29, 1.82) is 0 Å². The fourth-order valence-electron chi connectivity index (χ4n) is 1.93. The lowest BCUT2D eigenvalue weighted by molar-refractivity contribution is -0.116. The summed E-state index contributed by atoms with van der Waals surface area (Å²) in [6, 6.07) is 7.77. The summed E-state index contributed by atoms with van der Waals surface area (Å²) in [5.74, 6) is 0.738. The molecule has 118 valence electrons. The maximum Gasteiger partial charge on any atom is 0.226 e. The van der Waals surface area contributed by atoms with Gasteiger partial charge in [0.1, 0.15) is 5.75 Å². The molecule has 0 aliphatic carbocycles. The number of nitrogens with two attached hydrogens (primary N) is 1. The number of hydrogen-bond acceptors (Lipinski definition) is 5. The largest absolute Gasteiger partial charge is 0.490 e. The highest BCUT2D eigenvalue weighted by Gasteiger charge is 2.12. The summed E-state index contributed by atoms with van der Waals surface area (Å²) >= 11 is 1.40. The number of para-hydroxylation sites is 1. The highest BCUT2D eigenvalue weighted by molar-refractivity contribution is 7.14. The molecule has 0 aliphatic heterocycles. The third-order valence-corrected chi connectivity index (χ3v) is 3.64. The Kier molecular flexibility index (Phi) is 5.91. The molecule has 1 aromatic carbocycles. The van der Waals surface area contributed by atoms with E-state index < -0.39 is 0 Å². The average Bonchev–Trinajstić information content (AvgIpc) is 2.93. The topological polar surface area (TPSA) is 77.2 Å². The Morgan fingerprint density at radius 1 is 1.41 bits per heavy atom. The third kappa shape index (κ3) is 4.54. The minimum atomic E-state index is -0.0573. The Morgan fingerprint density at radius 2 is 2.18 bits per heavy atom. The number of nitrogens with zero attached hydrogens (tertiary/aromatic N) is 1. The zero-order valence-electron chi connectivity index (χ0n) is 12.8. The molecule has 1 heterocycles. The smallest absolute Gasteiger partial charge is 0.226 e. The van der Waals surface area contributed by atoms with Gasteiger partial charge in [0.25, 0.3) is 0 Å². The number of rotatable bonds is 7. The highest BCUT2D eigenvalue weighted by atomic mass is 32.1. The summed E-state index contributed by atoms with van der Waals surface area (Å²) in [5.41, 5.74) is 7.13. The summed E-state index contributed by atoms with van der Waals surface area (Å²) in [4.78, 5) is 16.2. The van der Waals surface area contributed by atoms with Gasteiger partial charge in [-0.2, -0.15) is 0 Å². The van der Waals surface area contributed by atoms with Crippen molar-refractivity contribution < 1.29 is 9.53 Å². The number of benzene rings is 1. The van der Waals surface area contributed by atoms with Gasteiger partial charge in [-0.25, -0.2) is 4.98 Å². The first-order valence-corrected chi connectivity index (χ1v) is 8.19. The van der Waals surface area contributed by atoms with E-state index in [9.17, 15) is 4.79 Å². The SMILES string of the molecule is CC(C)Oc1ccccc1-c1csc(NC(=O)CCCN)n1. The quantitative estimate of drug-likeness (QED) is 0.821. The van der Waals surface area contributed by atoms with Crippen LogP contribution in [0.5, 0.6) is 5.75 Å². The summed E-state index contributed by atoms with van der Waals surface area (Å²) in [6.45, 7) is 4.48. The molecule has 0 fully saturated rings. The second kappa shape index (κ2) is 7.91. The lowest BCUT2D eigenvalue weighted by atomic mass is 10.1. The van der Waals surface area contributed by atoms with Crippen LogP contribution < -0.4 is 15.8 Å². The highest BCUT2D eigenvalue weighted by Crippen LogP contribution is 2.32. The Bertz CT molecular complexity index is 625. The lowest BCUT2D eigenvalue weighted by Gasteiger charge is -2.12. The van der Waals surface area contributed by atoms with Crippen molar-refractivity contribution >= 4 is 22.4 Å². The number of carbonyl (C=O) groups excluding carboxylic acids is 1. The molecule has 0 radical (unpaired) electrons. The molecule has 0 atom stereocenters. The van der Waals surface area contributed by atoms with Crippen LogP contribution in [0.3, 0.4) is 0 Å². The van der Waals surface area contributed by atoms with Crippen molar-refractivity contribution in [1.82, 2.24) is 4.98 Å². The van der Waals surface area contributed by atoms with Gasteiger partial charge in [0.05, 0.1) is 11.8 Å². The van der Waals surface area contributed by atoms with Gasteiger partial charge in [-0.1, -0.05) is 12.1 Å². The van der Waals surface area contributed by atoms with Crippen LogP contribution in [0.25, 0.3) is 11.3 Å². The van der Waals surface area contributed by atoms with Crippen molar-refractivity contribution in [3.05, 3.63) is 29.6 Å². The summed E-state index contributed by atoms with van der Waals surface area (Å²) in [6.07, 6.45) is 1.18. The molecule has 6 heteroatoms. The van der Waals surface area contributed by atoms with E-state index in [0.717, 1.165) is 17.0 Å². The van der Waals surface area contributed by atoms with E-state index in [1.807, 2.05) is 43.5 Å². The lowest BCUT2D eigenvalue weighted by Crippen LogP contribution is -2.13. The van der Waals surface area contributed by atoms with Crippen LogP contribution in [-0.4, -0.2) is 23.5 Å². The number of ether oxygens (including phenoxy) is 1. The number of hydrogen-bond donors (Lipinski definition) is 2. The van der Waals surface area contributed by atoms with Crippen molar-refractivity contribution in [3.63, 3.8) is 0 Å². The second-order valence-electron chi connectivity index (χ2n) is 5.14. The second-order valence-corrected chi connectivity index (χ2v) is 6.00. The van der Waals surface area contributed by atoms with Crippen LogP contribution >= 0.6 is 11.3 Å². The predicted octanol–water partition coefficient (Wildman–Crippen LogP) is 3.27. The molecule has 0 saturated heterocycles. The molecule has 1 amide bonds. The molecule has 2 aromatic rings. The van der Waals surface area contributed by atoms with Crippen LogP contribution in [0, 0.1) is 0 Å². The maximum absolute atomic E-state index is 11.7. The molecule has 0 spiro atoms. The van der Waals surface area contributed by atoms with Gasteiger partial charge >= 0.3 is 0 Å². The fourth-order valence-corrected chi connectivity index (χ4v) is 2.66. The first kappa shape index (κ1) is 16.5. The standard InChI is InChI=1S/C16H21N3O2S/c1-11(2)21-14-7-4-3-6-12(14)13-10-22-16(18-13)19-15(20)8-5-9-17/h3-4,6-7,10-11H,5,8-9,17H2,1-2H3,(H,18,19,20). The van der Waals surface area contributed by atoms with Gasteiger partial charge in [-0.3, -0.25) is 4.79 Å². The molecule has 0 unspecified atom stereocenters. The van der Waals surface area contributed by atoms with E-state index in [4.69, 9.17) is 10.5 Å². The number of aromatic nitrogens is 1. The number of thiazole rings is 1. The van der Waals surface area contributed by atoms with E-state index in [1.165, 1.54) is 11.3 Å². The molecule has 0 bridgehead atoms. The van der Waals surface area contributed by atoms with Crippen molar-refractivity contribution in [2.75, 3.05) is 11.9 Å². The fraction of sp³-hybridized carbons (Fsp3) is 0.375. The van der Waals surface area contributed by atoms with Crippen LogP contribution in [0.1, 0.15) is 26.7 Å². The molecule has 0 saturated carbocycles. The molecule has 5 nitrogen and oxygen atoms in total. The summed E-state index contributed by atoms with van der Waals surface area (Å²) < 4.78 is 5.81. The third-order valence-electron chi connectivity index (χ3n) is 2.88. The molecular formula is C16H21N3O2S. The van der Waals surface area contributed by atoms with Crippen LogP contribution in [0.15, 0.2) is 29.6 Å². The zero-order valence-corrected chi connectivity index (χ0v) is 13.7. The first-order chi connectivity index (χ1) is 10.6. The number of amides is 1. The van der Waals surface area contributed by atoms with E-state index in [1.54, 1.807) is 0 Å². The van der Waals surface area contributed by atoms with Gasteiger partial charge in [-0.15, -0.1) is 11.3 Å². The number of carbonyl (C=O) groups is 1. The first-order valence-electron chi connectivity index (χ1n) is 7.31. The van der Waals surface area contributed by atoms with E-state index >= 15 is 0 Å². The molecule has 22 heavy (non-hydrogen) atoms. The normalized spacial score (nSPS) is 10.7. The van der Waals surface area contributed by atoms with Gasteiger partial charge in [0.2, 0.25) is 5.91 Å². The Hall–Kier alpha value is -1.92. The number of anilines is 1. The van der Waals surface area contributed by atoms with E-state index in [-0.39, 0.29) is 12.0 Å². The van der Waals surface area contributed by atoms with Crippen LogP contribution in [-0.2, 0) is 4.79 Å². The van der Waals surface area contributed by atoms with Crippen LogP contribution in [0.4, 0.5) is 5.13 Å². The van der Waals surface area contributed by atoms with Gasteiger partial charge in [-0.05, 0) is 38.9 Å². The van der Waals surface area contributed by atoms with Crippen molar-refractivity contribution in [3.8, 4) is 17.0 Å².